The van der Waals surface area contributed by atoms with Crippen LogP contribution in [0.5, 0.6) is 0 Å². The first kappa shape index (κ1) is 17.5. The van der Waals surface area contributed by atoms with Gasteiger partial charge in [-0.15, -0.1) is 0 Å². The molecule has 0 aliphatic heterocycles. The van der Waals surface area contributed by atoms with Crippen LogP contribution in [-0.2, 0) is 0 Å². The zero-order valence-electron chi connectivity index (χ0n) is 18.6. The van der Waals surface area contributed by atoms with Crippen LogP contribution in [0.4, 0.5) is 0 Å². The van der Waals surface area contributed by atoms with Crippen molar-refractivity contribution in [2.75, 3.05) is 0 Å². The van der Waals surface area contributed by atoms with Crippen LogP contribution in [0.3, 0.4) is 0 Å². The molecule has 1 aliphatic carbocycles. The first-order chi connectivity index (χ1) is 16.2. The van der Waals surface area contributed by atoms with Gasteiger partial charge in [-0.05, 0) is 97.7 Å². The molecule has 1 aromatic heterocycles. The van der Waals surface area contributed by atoms with Gasteiger partial charge in [0.25, 0.3) is 0 Å². The molecule has 0 amide bonds. The van der Waals surface area contributed by atoms with Crippen molar-refractivity contribution in [2.24, 2.45) is 0 Å². The number of hydrogen-bond donors (Lipinski definition) is 1. The van der Waals surface area contributed by atoms with E-state index in [0.717, 1.165) is 0 Å². The Morgan fingerprint density at radius 2 is 1.21 bits per heavy atom. The molecule has 1 heteroatoms. The zero-order valence-corrected chi connectivity index (χ0v) is 18.6. The van der Waals surface area contributed by atoms with Gasteiger partial charge in [-0.2, -0.15) is 0 Å². The number of rotatable bonds is 0. The third-order valence-electron chi connectivity index (χ3n) is 7.79. The average molecular weight is 420 g/mol. The fourth-order valence-electron chi connectivity index (χ4n) is 6.45. The lowest BCUT2D eigenvalue weighted by Gasteiger charge is -2.10. The van der Waals surface area contributed by atoms with Crippen molar-refractivity contribution < 1.29 is 0 Å². The van der Waals surface area contributed by atoms with E-state index in [2.05, 4.69) is 104 Å². The summed E-state index contributed by atoms with van der Waals surface area (Å²) in [6.07, 6.45) is 0. The van der Waals surface area contributed by atoms with Crippen LogP contribution in [0.15, 0.2) is 84.9 Å². The van der Waals surface area contributed by atoms with E-state index < -0.39 is 0 Å². The number of aryl methyl sites for hydroxylation is 2. The molecule has 1 N–H and O–H groups in total. The number of aromatic nitrogens is 1. The molecule has 8 rings (SSSR count). The van der Waals surface area contributed by atoms with Crippen molar-refractivity contribution in [3.8, 4) is 22.3 Å². The van der Waals surface area contributed by atoms with Crippen LogP contribution in [0.2, 0.25) is 0 Å². The third-order valence-corrected chi connectivity index (χ3v) is 7.79. The van der Waals surface area contributed by atoms with Crippen molar-refractivity contribution in [1.82, 2.24) is 4.98 Å². The van der Waals surface area contributed by atoms with Gasteiger partial charge in [-0.3, -0.25) is 0 Å². The molecule has 0 atom stereocenters. The highest BCUT2D eigenvalue weighted by atomic mass is 14.7. The zero-order chi connectivity index (χ0) is 21.8. The first-order valence-corrected chi connectivity index (χ1v) is 11.6. The van der Waals surface area contributed by atoms with E-state index in [-0.39, 0.29) is 0 Å². The molecule has 0 saturated heterocycles. The van der Waals surface area contributed by atoms with Gasteiger partial charge in [-0.1, -0.05) is 66.7 Å². The van der Waals surface area contributed by atoms with Gasteiger partial charge < -0.3 is 4.98 Å². The van der Waals surface area contributed by atoms with Crippen LogP contribution < -0.4 is 0 Å². The maximum Gasteiger partial charge on any atom is 0.0474 e. The van der Waals surface area contributed by atoms with Crippen molar-refractivity contribution >= 4 is 54.1 Å². The fourth-order valence-corrected chi connectivity index (χ4v) is 6.45. The topological polar surface area (TPSA) is 15.8 Å². The molecule has 0 fully saturated rings. The summed E-state index contributed by atoms with van der Waals surface area (Å²) >= 11 is 0. The van der Waals surface area contributed by atoms with Crippen LogP contribution in [0.25, 0.3) is 76.4 Å². The summed E-state index contributed by atoms with van der Waals surface area (Å²) in [5, 5.41) is 10.8. The molecule has 1 aliphatic rings. The van der Waals surface area contributed by atoms with Crippen LogP contribution in [0.1, 0.15) is 11.1 Å². The Hall–Kier alpha value is -4.10. The molecule has 0 saturated carbocycles. The molecule has 1 heterocycles. The minimum absolute atomic E-state index is 1.23. The minimum atomic E-state index is 1.23. The summed E-state index contributed by atoms with van der Waals surface area (Å²) in [6, 6.07) is 31.5. The second-order valence-corrected chi connectivity index (χ2v) is 9.51. The van der Waals surface area contributed by atoms with E-state index >= 15 is 0 Å². The Labute approximate surface area is 191 Å². The molecular weight excluding hydrogens is 398 g/mol. The predicted molar refractivity (Wildman–Crippen MR) is 142 cm³/mol. The normalized spacial score (nSPS) is 12.5. The number of fused-ring (bicyclic) bond motifs is 10. The molecule has 7 aromatic rings. The van der Waals surface area contributed by atoms with E-state index in [1.54, 1.807) is 0 Å². The van der Waals surface area contributed by atoms with Gasteiger partial charge in [0.05, 0.1) is 0 Å². The highest BCUT2D eigenvalue weighted by molar-refractivity contribution is 6.28. The lowest BCUT2D eigenvalue weighted by atomic mass is 9.92. The largest absolute Gasteiger partial charge is 0.354 e. The molecule has 0 unspecified atom stereocenters. The van der Waals surface area contributed by atoms with Crippen molar-refractivity contribution in [1.29, 1.82) is 0 Å². The van der Waals surface area contributed by atoms with E-state index in [1.807, 2.05) is 0 Å². The maximum absolute atomic E-state index is 3.78. The lowest BCUT2D eigenvalue weighted by Crippen LogP contribution is -1.85. The van der Waals surface area contributed by atoms with E-state index in [9.17, 15) is 0 Å². The first-order valence-electron chi connectivity index (χ1n) is 11.6. The summed E-state index contributed by atoms with van der Waals surface area (Å²) in [7, 11) is 0. The monoisotopic (exact) mass is 419 g/mol. The molecule has 0 bridgehead atoms. The quantitative estimate of drug-likeness (QED) is 0.236. The third kappa shape index (κ3) is 2.04. The Kier molecular flexibility index (Phi) is 3.08. The Bertz CT molecular complexity index is 1980. The Balaban J connectivity index is 1.60. The van der Waals surface area contributed by atoms with Gasteiger partial charge in [0, 0.05) is 21.8 Å². The molecular formula is C32H21N. The number of nitrogens with one attached hydrogen (secondary N) is 1. The Morgan fingerprint density at radius 3 is 2.09 bits per heavy atom. The fraction of sp³-hybridized carbons (Fsp3) is 0.0625. The van der Waals surface area contributed by atoms with Gasteiger partial charge in [0.15, 0.2) is 0 Å². The van der Waals surface area contributed by atoms with Gasteiger partial charge >= 0.3 is 0 Å². The highest BCUT2D eigenvalue weighted by Crippen LogP contribution is 2.53. The van der Waals surface area contributed by atoms with Crippen molar-refractivity contribution in [3.63, 3.8) is 0 Å². The summed E-state index contributed by atoms with van der Waals surface area (Å²) < 4.78 is 0. The maximum atomic E-state index is 3.78. The number of hydrogen-bond acceptors (Lipinski definition) is 0. The highest BCUT2D eigenvalue weighted by Gasteiger charge is 2.27. The minimum Gasteiger partial charge on any atom is -0.354 e. The standard InChI is InChI=1S/C32H21N/c1-17-14-27-32(22-11-6-5-9-20(17)22)30-18(2)29-24-13-7-12-23-21-10-4-3-8-19(21)15-25(31(23)24)26(29)16-28(30)33-27/h3-16,33H,1-2H3. The molecule has 0 spiro atoms. The van der Waals surface area contributed by atoms with E-state index in [4.69, 9.17) is 0 Å². The summed E-state index contributed by atoms with van der Waals surface area (Å²) in [5.74, 6) is 0. The summed E-state index contributed by atoms with van der Waals surface area (Å²) in [4.78, 5) is 3.78. The SMILES string of the molecule is Cc1cc2[nH]c3cc4c(c(C)c3c2c2ccccc12)-c1cccc2c1c-4cc1ccccc12. The van der Waals surface area contributed by atoms with Crippen LogP contribution in [-0.4, -0.2) is 4.98 Å². The Morgan fingerprint density at radius 1 is 0.515 bits per heavy atom. The second-order valence-electron chi connectivity index (χ2n) is 9.51. The average Bonchev–Trinajstić information content (AvgIpc) is 3.37. The van der Waals surface area contributed by atoms with Gasteiger partial charge in [0.1, 0.15) is 0 Å². The lowest BCUT2D eigenvalue weighted by molar-refractivity contribution is 1.49. The van der Waals surface area contributed by atoms with E-state index in [1.165, 1.54) is 87.5 Å². The molecule has 6 aromatic carbocycles. The second kappa shape index (κ2) is 5.82. The molecule has 0 radical (unpaired) electrons. The molecule has 154 valence electrons. The smallest absolute Gasteiger partial charge is 0.0474 e. The summed E-state index contributed by atoms with van der Waals surface area (Å²) in [6.45, 7) is 4.52. The summed E-state index contributed by atoms with van der Waals surface area (Å²) in [5.41, 5.74) is 10.6. The number of aromatic amines is 1. The molecule has 1 nitrogen and oxygen atoms in total. The van der Waals surface area contributed by atoms with Crippen LogP contribution >= 0.6 is 0 Å². The van der Waals surface area contributed by atoms with Gasteiger partial charge in [0.2, 0.25) is 0 Å². The predicted octanol–water partition coefficient (Wildman–Crippen LogP) is 9.04. The van der Waals surface area contributed by atoms with Crippen LogP contribution in [0, 0.1) is 13.8 Å². The molecule has 33 heavy (non-hydrogen) atoms. The van der Waals surface area contributed by atoms with E-state index in [0.29, 0.717) is 0 Å². The number of benzene rings is 6. The van der Waals surface area contributed by atoms with Gasteiger partial charge in [-0.25, -0.2) is 0 Å². The van der Waals surface area contributed by atoms with Crippen molar-refractivity contribution in [3.05, 3.63) is 96.1 Å². The number of H-pyrrole nitrogens is 1. The van der Waals surface area contributed by atoms with Crippen molar-refractivity contribution in [2.45, 2.75) is 13.8 Å².